The van der Waals surface area contributed by atoms with Crippen LogP contribution in [0.5, 0.6) is 0 Å². The topological polar surface area (TPSA) is 26.3 Å². The molecule has 2 nitrogen and oxygen atoms in total. The van der Waals surface area contributed by atoms with Gasteiger partial charge in [-0.15, -0.1) is 0 Å². The first-order valence-corrected chi connectivity index (χ1v) is 6.83. The predicted octanol–water partition coefficient (Wildman–Crippen LogP) is 5.38. The molecule has 0 saturated heterocycles. The van der Waals surface area contributed by atoms with E-state index in [1.54, 1.807) is 0 Å². The van der Waals surface area contributed by atoms with Crippen LogP contribution in [0.1, 0.15) is 25.7 Å². The normalized spacial score (nSPS) is 14.3. The molecule has 154 valence electrons. The van der Waals surface area contributed by atoms with Crippen molar-refractivity contribution < 1.29 is 57.8 Å². The second-order valence-electron chi connectivity index (χ2n) is 5.11. The van der Waals surface area contributed by atoms with Crippen LogP contribution in [0.2, 0.25) is 0 Å². The van der Waals surface area contributed by atoms with Gasteiger partial charge in [0.1, 0.15) is 0 Å². The number of esters is 1. The summed E-state index contributed by atoms with van der Waals surface area (Å²) in [4.78, 5) is 10.6. The highest BCUT2D eigenvalue weighted by Gasteiger charge is 2.86. The van der Waals surface area contributed by atoms with Crippen LogP contribution in [0, 0.1) is 0 Å². The van der Waals surface area contributed by atoms with Gasteiger partial charge in [-0.2, -0.15) is 48.3 Å². The molecule has 0 saturated carbocycles. The Kier molecular flexibility index (Phi) is 7.51. The summed E-state index contributed by atoms with van der Waals surface area (Å²) in [5.41, 5.74) is 0. The van der Waals surface area contributed by atoms with E-state index in [0.29, 0.717) is 0 Å². The van der Waals surface area contributed by atoms with E-state index in [4.69, 9.17) is 0 Å². The monoisotopic (exact) mass is 410 g/mol. The standard InChI is InChI=1S/C13H13F11O2/c1-2-8(25)26-7-5-3-4-6-9(14,15)10(16,17)11(18,19)12(20,21)13(22,23)24/h2H,1,3-7H2. The minimum Gasteiger partial charge on any atom is -0.463 e. The molecule has 0 rings (SSSR count). The fraction of sp³-hybridized carbons (Fsp3) is 0.769. The van der Waals surface area contributed by atoms with Crippen LogP contribution in [-0.4, -0.2) is 42.4 Å². The number of ether oxygens (including phenoxy) is 1. The maximum atomic E-state index is 13.3. The lowest BCUT2D eigenvalue weighted by Gasteiger charge is -2.37. The van der Waals surface area contributed by atoms with E-state index in [9.17, 15) is 53.1 Å². The van der Waals surface area contributed by atoms with E-state index >= 15 is 0 Å². The van der Waals surface area contributed by atoms with Gasteiger partial charge in [-0.25, -0.2) is 4.79 Å². The number of carbonyl (C=O) groups excluding carboxylic acids is 1. The van der Waals surface area contributed by atoms with Gasteiger partial charge in [-0.3, -0.25) is 0 Å². The van der Waals surface area contributed by atoms with Crippen molar-refractivity contribution in [3.8, 4) is 0 Å². The maximum Gasteiger partial charge on any atom is 0.460 e. The van der Waals surface area contributed by atoms with E-state index in [0.717, 1.165) is 6.08 Å². The summed E-state index contributed by atoms with van der Waals surface area (Å²) in [5, 5.41) is 0. The van der Waals surface area contributed by atoms with Crippen molar-refractivity contribution in [1.29, 1.82) is 0 Å². The first-order valence-electron chi connectivity index (χ1n) is 6.83. The van der Waals surface area contributed by atoms with E-state index < -0.39 is 48.7 Å². The number of alkyl halides is 11. The average Bonchev–Trinajstić information content (AvgIpc) is 2.48. The van der Waals surface area contributed by atoms with Crippen LogP contribution in [0.4, 0.5) is 48.3 Å². The summed E-state index contributed by atoms with van der Waals surface area (Å²) in [6.45, 7) is 2.67. The quantitative estimate of drug-likeness (QED) is 0.209. The minimum absolute atomic E-state index is 0.170. The van der Waals surface area contributed by atoms with E-state index in [1.807, 2.05) is 0 Å². The predicted molar refractivity (Wildman–Crippen MR) is 65.5 cm³/mol. The van der Waals surface area contributed by atoms with Crippen LogP contribution < -0.4 is 0 Å². The number of unbranched alkanes of at least 4 members (excludes halogenated alkanes) is 2. The van der Waals surface area contributed by atoms with Crippen molar-refractivity contribution in [3.63, 3.8) is 0 Å². The van der Waals surface area contributed by atoms with Gasteiger partial charge in [-0.05, 0) is 19.3 Å². The fourth-order valence-corrected chi connectivity index (χ4v) is 1.62. The molecule has 0 atom stereocenters. The van der Waals surface area contributed by atoms with Crippen molar-refractivity contribution in [2.75, 3.05) is 6.61 Å². The lowest BCUT2D eigenvalue weighted by atomic mass is 9.94. The Balaban J connectivity index is 4.98. The van der Waals surface area contributed by atoms with Gasteiger partial charge in [-0.1, -0.05) is 6.58 Å². The number of halogens is 11. The van der Waals surface area contributed by atoms with Crippen molar-refractivity contribution >= 4 is 5.97 Å². The average molecular weight is 410 g/mol. The molecule has 0 aliphatic rings. The van der Waals surface area contributed by atoms with Gasteiger partial charge >= 0.3 is 35.8 Å². The molecule has 0 aromatic rings. The van der Waals surface area contributed by atoms with Crippen LogP contribution in [0.25, 0.3) is 0 Å². The Bertz CT molecular complexity index is 497. The first kappa shape index (κ1) is 24.4. The summed E-state index contributed by atoms with van der Waals surface area (Å²) in [5.74, 6) is -28.4. The summed E-state index contributed by atoms with van der Waals surface area (Å²) in [6, 6.07) is 0. The van der Waals surface area contributed by atoms with Crippen molar-refractivity contribution in [1.82, 2.24) is 0 Å². The van der Waals surface area contributed by atoms with Crippen LogP contribution in [0.3, 0.4) is 0 Å². The highest BCUT2D eigenvalue weighted by Crippen LogP contribution is 2.58. The van der Waals surface area contributed by atoms with E-state index in [2.05, 4.69) is 11.3 Å². The molecule has 0 aromatic heterocycles. The molecule has 0 radical (unpaired) electrons. The molecule has 0 aliphatic heterocycles. The van der Waals surface area contributed by atoms with Gasteiger partial charge < -0.3 is 4.74 Å². The Morgan fingerprint density at radius 3 is 1.69 bits per heavy atom. The maximum absolute atomic E-state index is 13.3. The third-order valence-electron chi connectivity index (χ3n) is 3.15. The summed E-state index contributed by atoms with van der Waals surface area (Å²) >= 11 is 0. The molecule has 0 aromatic carbocycles. The lowest BCUT2D eigenvalue weighted by Crippen LogP contribution is -2.66. The third kappa shape index (κ3) is 4.78. The van der Waals surface area contributed by atoms with Gasteiger partial charge in [0, 0.05) is 12.5 Å². The second kappa shape index (κ2) is 7.99. The van der Waals surface area contributed by atoms with Gasteiger partial charge in [0.05, 0.1) is 6.61 Å². The fourth-order valence-electron chi connectivity index (χ4n) is 1.62. The largest absolute Gasteiger partial charge is 0.463 e. The second-order valence-corrected chi connectivity index (χ2v) is 5.11. The Morgan fingerprint density at radius 2 is 1.27 bits per heavy atom. The molecule has 0 unspecified atom stereocenters. The van der Waals surface area contributed by atoms with E-state index in [1.165, 1.54) is 0 Å². The number of hydrogen-bond acceptors (Lipinski definition) is 2. The van der Waals surface area contributed by atoms with Gasteiger partial charge in [0.25, 0.3) is 0 Å². The highest BCUT2D eigenvalue weighted by atomic mass is 19.4. The molecule has 0 spiro atoms. The van der Waals surface area contributed by atoms with Crippen LogP contribution in [0.15, 0.2) is 12.7 Å². The Hall–Kier alpha value is -1.56. The number of hydrogen-bond donors (Lipinski definition) is 0. The molecule has 26 heavy (non-hydrogen) atoms. The molecule has 13 heteroatoms. The Morgan fingerprint density at radius 1 is 0.769 bits per heavy atom. The SMILES string of the molecule is C=CC(=O)OCCCCCC(F)(F)C(F)(F)C(F)(F)C(F)(F)C(F)(F)F. The third-order valence-corrected chi connectivity index (χ3v) is 3.15. The van der Waals surface area contributed by atoms with E-state index in [-0.39, 0.29) is 19.4 Å². The van der Waals surface area contributed by atoms with Gasteiger partial charge in [0.2, 0.25) is 0 Å². The molecule has 0 N–H and O–H groups in total. The summed E-state index contributed by atoms with van der Waals surface area (Å²) in [7, 11) is 0. The highest BCUT2D eigenvalue weighted by molar-refractivity contribution is 5.81. The molecule has 0 amide bonds. The molecule has 0 aliphatic carbocycles. The molecular formula is C13H13F11O2. The Labute approximate surface area is 140 Å². The zero-order valence-corrected chi connectivity index (χ0v) is 12.8. The molecular weight excluding hydrogens is 397 g/mol. The molecule has 0 fully saturated rings. The smallest absolute Gasteiger partial charge is 0.460 e. The van der Waals surface area contributed by atoms with Crippen LogP contribution in [-0.2, 0) is 9.53 Å². The first-order chi connectivity index (χ1) is 11.5. The van der Waals surface area contributed by atoms with Crippen LogP contribution >= 0.6 is 0 Å². The van der Waals surface area contributed by atoms with Gasteiger partial charge in [0.15, 0.2) is 0 Å². The minimum atomic E-state index is -7.37. The summed E-state index contributed by atoms with van der Waals surface area (Å²) in [6.07, 6.45) is -9.96. The zero-order chi connectivity index (χ0) is 21.0. The zero-order valence-electron chi connectivity index (χ0n) is 12.8. The number of carbonyl (C=O) groups is 1. The number of rotatable bonds is 10. The molecule has 0 bridgehead atoms. The summed E-state index contributed by atoms with van der Waals surface area (Å²) < 4.78 is 144. The van der Waals surface area contributed by atoms with Crippen molar-refractivity contribution in [2.24, 2.45) is 0 Å². The van der Waals surface area contributed by atoms with Crippen molar-refractivity contribution in [2.45, 2.75) is 55.5 Å². The lowest BCUT2D eigenvalue weighted by molar-refractivity contribution is -0.422. The molecule has 0 heterocycles. The van der Waals surface area contributed by atoms with Crippen molar-refractivity contribution in [3.05, 3.63) is 12.7 Å².